The smallest absolute Gasteiger partial charge is 0.281 e. The predicted molar refractivity (Wildman–Crippen MR) is 97.0 cm³/mol. The Morgan fingerprint density at radius 3 is 2.58 bits per heavy atom. The van der Waals surface area contributed by atoms with Crippen molar-refractivity contribution < 1.29 is 14.6 Å². The van der Waals surface area contributed by atoms with Crippen LogP contribution >= 0.6 is 12.2 Å². The Labute approximate surface area is 145 Å². The number of amides is 1. The molecule has 24 heavy (non-hydrogen) atoms. The van der Waals surface area contributed by atoms with E-state index < -0.39 is 0 Å². The summed E-state index contributed by atoms with van der Waals surface area (Å²) in [6.07, 6.45) is 1.56. The molecule has 1 fully saturated rings. The number of carbonyl (C=O) groups is 1. The van der Waals surface area contributed by atoms with Crippen molar-refractivity contribution in [3.05, 3.63) is 59.3 Å². The topological polar surface area (TPSA) is 61.8 Å². The summed E-state index contributed by atoms with van der Waals surface area (Å²) in [6, 6.07) is 12.6. The number of ether oxygens (including phenoxy) is 1. The van der Waals surface area contributed by atoms with Crippen molar-refractivity contribution in [1.29, 1.82) is 0 Å². The predicted octanol–water partition coefficient (Wildman–Crippen LogP) is 2.97. The molecule has 2 N–H and O–H groups in total. The number of nitrogens with one attached hydrogen (secondary N) is 1. The van der Waals surface area contributed by atoms with E-state index in [1.807, 2.05) is 31.2 Å². The number of phenolic OH excluding ortho intramolecular Hbond substituents is 1. The summed E-state index contributed by atoms with van der Waals surface area (Å²) in [5, 5.41) is 13.4. The van der Waals surface area contributed by atoms with Gasteiger partial charge in [-0.05, 0) is 43.4 Å². The number of phenols is 1. The van der Waals surface area contributed by atoms with Crippen LogP contribution in [-0.2, 0) is 4.79 Å². The van der Waals surface area contributed by atoms with Gasteiger partial charge in [-0.3, -0.25) is 9.69 Å². The third-order valence-corrected chi connectivity index (χ3v) is 4.00. The van der Waals surface area contributed by atoms with Crippen LogP contribution in [0.25, 0.3) is 6.08 Å². The molecule has 0 saturated carbocycles. The SMILES string of the molecule is COc1cccc(/C=C2\NC(=S)N(c3ccc(C)cc3)C2=O)c1O. The summed E-state index contributed by atoms with van der Waals surface area (Å²) < 4.78 is 5.08. The van der Waals surface area contributed by atoms with E-state index in [0.717, 1.165) is 5.56 Å². The van der Waals surface area contributed by atoms with Gasteiger partial charge in [0.25, 0.3) is 5.91 Å². The van der Waals surface area contributed by atoms with E-state index in [9.17, 15) is 9.90 Å². The highest BCUT2D eigenvalue weighted by Gasteiger charge is 2.32. The summed E-state index contributed by atoms with van der Waals surface area (Å²) >= 11 is 5.27. The first-order valence-corrected chi connectivity index (χ1v) is 7.72. The van der Waals surface area contributed by atoms with Gasteiger partial charge in [-0.25, -0.2) is 0 Å². The molecule has 0 bridgehead atoms. The average molecular weight is 340 g/mol. The fraction of sp³-hybridized carbons (Fsp3) is 0.111. The van der Waals surface area contributed by atoms with Crippen LogP contribution in [0.15, 0.2) is 48.2 Å². The van der Waals surface area contributed by atoms with Crippen LogP contribution in [-0.4, -0.2) is 23.2 Å². The molecule has 1 aliphatic heterocycles. The minimum absolute atomic E-state index is 0.0261. The molecule has 0 aromatic heterocycles. The van der Waals surface area contributed by atoms with Gasteiger partial charge in [-0.15, -0.1) is 0 Å². The maximum atomic E-state index is 12.7. The number of thiocarbonyl (C=S) groups is 1. The summed E-state index contributed by atoms with van der Waals surface area (Å²) in [6.45, 7) is 1.98. The Hall–Kier alpha value is -2.86. The second kappa shape index (κ2) is 6.33. The van der Waals surface area contributed by atoms with Crippen LogP contribution in [0.3, 0.4) is 0 Å². The summed E-state index contributed by atoms with van der Waals surface area (Å²) in [4.78, 5) is 14.1. The molecule has 2 aromatic carbocycles. The van der Waals surface area contributed by atoms with Gasteiger partial charge in [0.15, 0.2) is 16.6 Å². The number of methoxy groups -OCH3 is 1. The van der Waals surface area contributed by atoms with Crippen molar-refractivity contribution in [1.82, 2.24) is 5.32 Å². The zero-order valence-electron chi connectivity index (χ0n) is 13.2. The van der Waals surface area contributed by atoms with Crippen LogP contribution in [0.4, 0.5) is 5.69 Å². The lowest BCUT2D eigenvalue weighted by Gasteiger charge is -2.14. The van der Waals surface area contributed by atoms with Crippen molar-refractivity contribution in [3.8, 4) is 11.5 Å². The van der Waals surface area contributed by atoms with Crippen LogP contribution in [0.2, 0.25) is 0 Å². The van der Waals surface area contributed by atoms with Gasteiger partial charge < -0.3 is 15.2 Å². The van der Waals surface area contributed by atoms with Gasteiger partial charge in [-0.2, -0.15) is 0 Å². The zero-order chi connectivity index (χ0) is 17.3. The molecule has 6 heteroatoms. The number of anilines is 1. The summed E-state index contributed by atoms with van der Waals surface area (Å²) in [5.74, 6) is 0.0423. The lowest BCUT2D eigenvalue weighted by molar-refractivity contribution is -0.113. The third kappa shape index (κ3) is 2.83. The molecule has 0 radical (unpaired) electrons. The molecule has 0 atom stereocenters. The lowest BCUT2D eigenvalue weighted by atomic mass is 10.1. The molecule has 122 valence electrons. The lowest BCUT2D eigenvalue weighted by Crippen LogP contribution is -2.30. The number of nitrogens with zero attached hydrogens (tertiary/aromatic N) is 1. The van der Waals surface area contributed by atoms with Gasteiger partial charge in [0.2, 0.25) is 0 Å². The van der Waals surface area contributed by atoms with E-state index in [4.69, 9.17) is 17.0 Å². The highest BCUT2D eigenvalue weighted by atomic mass is 32.1. The first kappa shape index (κ1) is 16.0. The van der Waals surface area contributed by atoms with Gasteiger partial charge >= 0.3 is 0 Å². The third-order valence-electron chi connectivity index (χ3n) is 3.72. The van der Waals surface area contributed by atoms with Crippen LogP contribution in [0.5, 0.6) is 11.5 Å². The Morgan fingerprint density at radius 1 is 1.21 bits per heavy atom. The second-order valence-corrected chi connectivity index (χ2v) is 5.75. The van der Waals surface area contributed by atoms with E-state index in [-0.39, 0.29) is 11.7 Å². The number of rotatable bonds is 3. The Morgan fingerprint density at radius 2 is 1.92 bits per heavy atom. The molecule has 5 nitrogen and oxygen atoms in total. The first-order chi connectivity index (χ1) is 11.5. The molecule has 0 aliphatic carbocycles. The van der Waals surface area contributed by atoms with Crippen LogP contribution < -0.4 is 15.0 Å². The van der Waals surface area contributed by atoms with E-state index in [1.165, 1.54) is 12.0 Å². The Balaban J connectivity index is 1.95. The van der Waals surface area contributed by atoms with Crippen LogP contribution in [0.1, 0.15) is 11.1 Å². The number of para-hydroxylation sites is 1. The monoisotopic (exact) mass is 340 g/mol. The Bertz CT molecular complexity index is 844. The van der Waals surface area contributed by atoms with E-state index in [0.29, 0.717) is 27.8 Å². The number of hydrogen-bond acceptors (Lipinski definition) is 4. The van der Waals surface area contributed by atoms with Gasteiger partial charge in [0, 0.05) is 5.56 Å². The molecular formula is C18H16N2O3S. The fourth-order valence-electron chi connectivity index (χ4n) is 2.44. The summed E-state index contributed by atoms with van der Waals surface area (Å²) in [5.41, 5.74) is 2.56. The number of aromatic hydroxyl groups is 1. The quantitative estimate of drug-likeness (QED) is 0.664. The second-order valence-electron chi connectivity index (χ2n) is 5.36. The van der Waals surface area contributed by atoms with Gasteiger partial charge in [0.05, 0.1) is 12.8 Å². The molecule has 3 rings (SSSR count). The van der Waals surface area contributed by atoms with E-state index in [2.05, 4.69) is 5.32 Å². The highest BCUT2D eigenvalue weighted by Crippen LogP contribution is 2.31. The molecule has 1 aliphatic rings. The minimum Gasteiger partial charge on any atom is -0.504 e. The zero-order valence-corrected chi connectivity index (χ0v) is 14.1. The number of carbonyl (C=O) groups excluding carboxylic acids is 1. The molecule has 1 heterocycles. The number of hydrogen-bond donors (Lipinski definition) is 2. The molecule has 2 aromatic rings. The van der Waals surface area contributed by atoms with Gasteiger partial charge in [0.1, 0.15) is 5.70 Å². The van der Waals surface area contributed by atoms with Crippen LogP contribution in [0, 0.1) is 6.92 Å². The normalized spacial score (nSPS) is 15.8. The number of benzene rings is 2. The molecule has 0 spiro atoms. The van der Waals surface area contributed by atoms with E-state index in [1.54, 1.807) is 24.3 Å². The average Bonchev–Trinajstić information content (AvgIpc) is 2.84. The Kier molecular flexibility index (Phi) is 4.22. The van der Waals surface area contributed by atoms with E-state index >= 15 is 0 Å². The van der Waals surface area contributed by atoms with Crippen molar-refractivity contribution in [2.24, 2.45) is 0 Å². The van der Waals surface area contributed by atoms with Gasteiger partial charge in [-0.1, -0.05) is 29.8 Å². The van der Waals surface area contributed by atoms with Crippen molar-refractivity contribution in [3.63, 3.8) is 0 Å². The minimum atomic E-state index is -0.272. The van der Waals surface area contributed by atoms with Crippen molar-refractivity contribution in [2.45, 2.75) is 6.92 Å². The molecular weight excluding hydrogens is 324 g/mol. The maximum absolute atomic E-state index is 12.7. The fourth-order valence-corrected chi connectivity index (χ4v) is 2.74. The maximum Gasteiger partial charge on any atom is 0.281 e. The standard InChI is InChI=1S/C18H16N2O3S/c1-11-6-8-13(9-7-11)20-17(22)14(19-18(20)24)10-12-4-3-5-15(23-2)16(12)21/h3-10,21H,1-2H3,(H,19,24)/b14-10-. The molecule has 0 unspecified atom stereocenters. The highest BCUT2D eigenvalue weighted by molar-refractivity contribution is 7.80. The number of aryl methyl sites for hydroxylation is 1. The summed E-state index contributed by atoms with van der Waals surface area (Å²) in [7, 11) is 1.47. The van der Waals surface area contributed by atoms with Crippen molar-refractivity contribution >= 4 is 35.0 Å². The van der Waals surface area contributed by atoms with Crippen molar-refractivity contribution in [2.75, 3.05) is 12.0 Å². The molecule has 1 saturated heterocycles. The molecule has 1 amide bonds. The largest absolute Gasteiger partial charge is 0.504 e. The first-order valence-electron chi connectivity index (χ1n) is 7.31.